The maximum absolute atomic E-state index is 14.5. The highest BCUT2D eigenvalue weighted by molar-refractivity contribution is 6.31. The van der Waals surface area contributed by atoms with Crippen molar-refractivity contribution in [3.05, 3.63) is 99.2 Å². The number of aromatic nitrogens is 1. The minimum Gasteiger partial charge on any atom is -0.465 e. The lowest BCUT2D eigenvalue weighted by molar-refractivity contribution is -0.136. The van der Waals surface area contributed by atoms with E-state index in [1.165, 1.54) is 18.1 Å². The summed E-state index contributed by atoms with van der Waals surface area (Å²) >= 11 is 6.13. The van der Waals surface area contributed by atoms with Crippen LogP contribution in [0.3, 0.4) is 0 Å². The van der Waals surface area contributed by atoms with Crippen LogP contribution in [0.15, 0.2) is 71.4 Å². The Morgan fingerprint density at radius 1 is 1.06 bits per heavy atom. The number of carbonyl (C=O) groups excluding carboxylic acids is 2. The molecule has 0 saturated heterocycles. The molecule has 1 aliphatic heterocycles. The summed E-state index contributed by atoms with van der Waals surface area (Å²) in [7, 11) is 1.27. The minimum absolute atomic E-state index is 0.179. The van der Waals surface area contributed by atoms with Gasteiger partial charge in [-0.05, 0) is 68.8 Å². The average Bonchev–Trinajstić information content (AvgIpc) is 3.20. The predicted octanol–water partition coefficient (Wildman–Crippen LogP) is 5.76. The van der Waals surface area contributed by atoms with Gasteiger partial charge in [0.2, 0.25) is 0 Å². The van der Waals surface area contributed by atoms with Gasteiger partial charge in [-0.1, -0.05) is 29.8 Å². The number of esters is 1. The van der Waals surface area contributed by atoms with Crippen LogP contribution in [0, 0.1) is 19.7 Å². The van der Waals surface area contributed by atoms with Crippen molar-refractivity contribution in [3.8, 4) is 5.69 Å². The third-order valence-electron chi connectivity index (χ3n) is 5.72. The SMILES string of the molecule is COC(=O)C1=C(C)N(c2cccc(Cl)c2)C(=O)/C1=C\c1cc(C)n(-c2ccccc2F)c1C. The van der Waals surface area contributed by atoms with Crippen molar-refractivity contribution >= 4 is 35.2 Å². The molecule has 7 heteroatoms. The van der Waals surface area contributed by atoms with Gasteiger partial charge in [0.1, 0.15) is 5.82 Å². The van der Waals surface area contributed by atoms with Crippen LogP contribution in [0.25, 0.3) is 11.8 Å². The summed E-state index contributed by atoms with van der Waals surface area (Å²) in [5.74, 6) is -1.33. The number of para-hydroxylation sites is 1. The van der Waals surface area contributed by atoms with Gasteiger partial charge in [0, 0.05) is 22.1 Å². The number of aryl methyl sites for hydroxylation is 1. The highest BCUT2D eigenvalue weighted by atomic mass is 35.5. The lowest BCUT2D eigenvalue weighted by Crippen LogP contribution is -2.24. The molecule has 0 bridgehead atoms. The molecule has 0 fully saturated rings. The molecule has 168 valence electrons. The Labute approximate surface area is 196 Å². The maximum Gasteiger partial charge on any atom is 0.340 e. The van der Waals surface area contributed by atoms with Crippen LogP contribution in [0.5, 0.6) is 0 Å². The first kappa shape index (κ1) is 22.6. The third-order valence-corrected chi connectivity index (χ3v) is 5.95. The predicted molar refractivity (Wildman–Crippen MR) is 127 cm³/mol. The molecule has 3 aromatic rings. The summed E-state index contributed by atoms with van der Waals surface area (Å²) in [4.78, 5) is 27.6. The number of carbonyl (C=O) groups is 2. The van der Waals surface area contributed by atoms with E-state index in [0.29, 0.717) is 27.7 Å². The number of ether oxygens (including phenoxy) is 1. The van der Waals surface area contributed by atoms with E-state index in [4.69, 9.17) is 16.3 Å². The maximum atomic E-state index is 14.5. The van der Waals surface area contributed by atoms with Crippen molar-refractivity contribution in [1.82, 2.24) is 4.57 Å². The van der Waals surface area contributed by atoms with E-state index in [2.05, 4.69) is 0 Å². The van der Waals surface area contributed by atoms with Crippen molar-refractivity contribution in [2.24, 2.45) is 0 Å². The fourth-order valence-electron chi connectivity index (χ4n) is 4.20. The molecule has 0 N–H and O–H groups in total. The Balaban J connectivity index is 1.87. The Morgan fingerprint density at radius 2 is 1.79 bits per heavy atom. The van der Waals surface area contributed by atoms with Crippen molar-refractivity contribution in [1.29, 1.82) is 0 Å². The monoisotopic (exact) mass is 464 g/mol. The molecule has 1 aliphatic rings. The molecule has 2 heterocycles. The second-order valence-corrected chi connectivity index (χ2v) is 8.18. The molecular formula is C26H22ClFN2O3. The molecule has 0 saturated carbocycles. The van der Waals surface area contributed by atoms with Gasteiger partial charge < -0.3 is 9.30 Å². The lowest BCUT2D eigenvalue weighted by atomic mass is 10.0. The second-order valence-electron chi connectivity index (χ2n) is 7.74. The summed E-state index contributed by atoms with van der Waals surface area (Å²) in [6.07, 6.45) is 1.66. The molecule has 0 spiro atoms. The molecule has 1 amide bonds. The van der Waals surface area contributed by atoms with Crippen molar-refractivity contribution < 1.29 is 18.7 Å². The molecule has 2 aromatic carbocycles. The van der Waals surface area contributed by atoms with Crippen LogP contribution in [-0.4, -0.2) is 23.6 Å². The van der Waals surface area contributed by atoms with E-state index in [-0.39, 0.29) is 22.9 Å². The Bertz CT molecular complexity index is 1350. The third kappa shape index (κ3) is 3.87. The van der Waals surface area contributed by atoms with Gasteiger partial charge in [-0.2, -0.15) is 0 Å². The zero-order valence-electron chi connectivity index (χ0n) is 18.6. The van der Waals surface area contributed by atoms with Crippen LogP contribution < -0.4 is 4.90 Å². The molecule has 0 atom stereocenters. The van der Waals surface area contributed by atoms with Crippen molar-refractivity contribution in [2.75, 3.05) is 12.0 Å². The second kappa shape index (κ2) is 8.71. The van der Waals surface area contributed by atoms with Gasteiger partial charge >= 0.3 is 5.97 Å². The number of amides is 1. The minimum atomic E-state index is -0.612. The smallest absolute Gasteiger partial charge is 0.340 e. The van der Waals surface area contributed by atoms with Crippen LogP contribution >= 0.6 is 11.6 Å². The molecule has 33 heavy (non-hydrogen) atoms. The van der Waals surface area contributed by atoms with Gasteiger partial charge in [-0.3, -0.25) is 9.69 Å². The van der Waals surface area contributed by atoms with Gasteiger partial charge in [0.05, 0.1) is 29.6 Å². The summed E-state index contributed by atoms with van der Waals surface area (Å²) in [5.41, 5.74) is 4.01. The van der Waals surface area contributed by atoms with Gasteiger partial charge in [-0.25, -0.2) is 9.18 Å². The van der Waals surface area contributed by atoms with Gasteiger partial charge in [0.25, 0.3) is 5.91 Å². The van der Waals surface area contributed by atoms with E-state index >= 15 is 0 Å². The zero-order chi connectivity index (χ0) is 23.9. The molecule has 0 aliphatic carbocycles. The fraction of sp³-hybridized carbons (Fsp3) is 0.154. The number of allylic oxidation sites excluding steroid dienone is 1. The molecular weight excluding hydrogens is 443 g/mol. The first-order valence-electron chi connectivity index (χ1n) is 10.3. The quantitative estimate of drug-likeness (QED) is 0.364. The molecule has 0 radical (unpaired) electrons. The zero-order valence-corrected chi connectivity index (χ0v) is 19.4. The number of methoxy groups -OCH3 is 1. The Hall–Kier alpha value is -3.64. The number of nitrogens with zero attached hydrogens (tertiary/aromatic N) is 2. The summed E-state index contributed by atoms with van der Waals surface area (Å²) in [6.45, 7) is 5.39. The number of hydrogen-bond donors (Lipinski definition) is 0. The molecule has 5 nitrogen and oxygen atoms in total. The number of halogens is 2. The number of benzene rings is 2. The van der Waals surface area contributed by atoms with Crippen molar-refractivity contribution in [3.63, 3.8) is 0 Å². The summed E-state index contributed by atoms with van der Waals surface area (Å²) in [6, 6.07) is 15.2. The Kier molecular flexibility index (Phi) is 5.95. The molecule has 1 aromatic heterocycles. The number of rotatable bonds is 4. The van der Waals surface area contributed by atoms with E-state index < -0.39 is 5.97 Å². The van der Waals surface area contributed by atoms with Gasteiger partial charge in [0.15, 0.2) is 0 Å². The van der Waals surface area contributed by atoms with Crippen LogP contribution in [0.1, 0.15) is 23.9 Å². The normalized spacial score (nSPS) is 15.0. The summed E-state index contributed by atoms with van der Waals surface area (Å²) < 4.78 is 21.2. The topological polar surface area (TPSA) is 51.5 Å². The summed E-state index contributed by atoms with van der Waals surface area (Å²) in [5, 5.41) is 0.471. The first-order valence-corrected chi connectivity index (χ1v) is 10.7. The molecule has 4 rings (SSSR count). The van der Waals surface area contributed by atoms with Gasteiger partial charge in [-0.15, -0.1) is 0 Å². The van der Waals surface area contributed by atoms with E-state index in [9.17, 15) is 14.0 Å². The van der Waals surface area contributed by atoms with E-state index in [1.54, 1.807) is 60.0 Å². The van der Waals surface area contributed by atoms with Crippen LogP contribution in [-0.2, 0) is 14.3 Å². The average molecular weight is 465 g/mol. The van der Waals surface area contributed by atoms with Crippen molar-refractivity contribution in [2.45, 2.75) is 20.8 Å². The van der Waals surface area contributed by atoms with Crippen LogP contribution in [0.4, 0.5) is 10.1 Å². The highest BCUT2D eigenvalue weighted by Crippen LogP contribution is 2.37. The number of hydrogen-bond acceptors (Lipinski definition) is 3. The first-order chi connectivity index (χ1) is 15.7. The standard InChI is InChI=1S/C26H22ClFN2O3/c1-15-12-18(16(2)29(15)23-11-6-5-10-22(23)28)13-21-24(26(32)33-4)17(3)30(25(21)31)20-9-7-8-19(27)14-20/h5-14H,1-4H3/b21-13-. The number of anilines is 1. The highest BCUT2D eigenvalue weighted by Gasteiger charge is 2.38. The van der Waals surface area contributed by atoms with E-state index in [0.717, 1.165) is 11.4 Å². The molecule has 0 unspecified atom stereocenters. The lowest BCUT2D eigenvalue weighted by Gasteiger charge is -2.18. The van der Waals surface area contributed by atoms with Crippen LogP contribution in [0.2, 0.25) is 5.02 Å². The fourth-order valence-corrected chi connectivity index (χ4v) is 4.38. The van der Waals surface area contributed by atoms with E-state index in [1.807, 2.05) is 19.9 Å². The Morgan fingerprint density at radius 3 is 2.45 bits per heavy atom. The largest absolute Gasteiger partial charge is 0.465 e.